The fraction of sp³-hybridized carbons (Fsp3) is 0.257. The Balaban J connectivity index is 1.38. The molecule has 1 atom stereocenters. The van der Waals surface area contributed by atoms with Crippen LogP contribution in [0.1, 0.15) is 22.7 Å². The van der Waals surface area contributed by atoms with E-state index in [4.69, 9.17) is 37.4 Å². The second-order valence-electron chi connectivity index (χ2n) is 10.9. The molecule has 1 saturated heterocycles. The molecule has 4 aromatic carbocycles. The van der Waals surface area contributed by atoms with Gasteiger partial charge in [-0.15, -0.1) is 0 Å². The third-order valence-electron chi connectivity index (χ3n) is 7.77. The molecule has 10 nitrogen and oxygen atoms in total. The van der Waals surface area contributed by atoms with E-state index in [1.807, 2.05) is 18.2 Å². The first kappa shape index (κ1) is 35.2. The summed E-state index contributed by atoms with van der Waals surface area (Å²) in [4.78, 5) is 29.5. The molecule has 13 heteroatoms. The lowest BCUT2D eigenvalue weighted by molar-refractivity contribution is -0.143. The summed E-state index contributed by atoms with van der Waals surface area (Å²) < 4.78 is 43.9. The fourth-order valence-corrected chi connectivity index (χ4v) is 7.06. The van der Waals surface area contributed by atoms with Crippen molar-refractivity contribution >= 4 is 45.0 Å². The summed E-state index contributed by atoms with van der Waals surface area (Å²) in [6.45, 7) is 1.02. The molecule has 0 saturated carbocycles. The van der Waals surface area contributed by atoms with Crippen molar-refractivity contribution in [2.24, 2.45) is 0 Å². The summed E-state index contributed by atoms with van der Waals surface area (Å²) in [7, 11) is -2.13. The van der Waals surface area contributed by atoms with Crippen molar-refractivity contribution in [1.82, 2.24) is 14.5 Å². The third-order valence-corrected chi connectivity index (χ3v) is 10.3. The number of carbonyl (C=O) groups excluding carboxylic acids is 2. The average molecular weight is 713 g/mol. The van der Waals surface area contributed by atoms with Crippen LogP contribution in [-0.2, 0) is 37.4 Å². The first-order valence-corrected chi connectivity index (χ1v) is 17.3. The minimum absolute atomic E-state index is 0.0810. The van der Waals surface area contributed by atoms with Crippen LogP contribution in [-0.4, -0.2) is 69.5 Å². The van der Waals surface area contributed by atoms with Crippen LogP contribution in [0.5, 0.6) is 11.5 Å². The van der Waals surface area contributed by atoms with Crippen LogP contribution >= 0.6 is 23.2 Å². The van der Waals surface area contributed by atoms with Crippen molar-refractivity contribution in [2.45, 2.75) is 24.0 Å². The summed E-state index contributed by atoms with van der Waals surface area (Å²) in [5, 5.41) is 3.81. The number of morpholine rings is 1. The lowest BCUT2D eigenvalue weighted by atomic mass is 10.0. The van der Waals surface area contributed by atoms with Gasteiger partial charge in [0.1, 0.15) is 17.5 Å². The number of nitrogens with one attached hydrogen (secondary N) is 1. The predicted octanol–water partition coefficient (Wildman–Crippen LogP) is 5.49. The first-order chi connectivity index (χ1) is 23.2. The third kappa shape index (κ3) is 8.86. The van der Waals surface area contributed by atoms with Gasteiger partial charge < -0.3 is 24.4 Å². The molecule has 2 amide bonds. The minimum Gasteiger partial charge on any atom is -0.497 e. The number of hydrogen-bond donors (Lipinski definition) is 1. The molecule has 0 unspecified atom stereocenters. The highest BCUT2D eigenvalue weighted by molar-refractivity contribution is 7.89. The molecular weight excluding hydrogens is 677 g/mol. The van der Waals surface area contributed by atoms with E-state index in [9.17, 15) is 18.0 Å². The van der Waals surface area contributed by atoms with Gasteiger partial charge in [-0.3, -0.25) is 9.59 Å². The van der Waals surface area contributed by atoms with E-state index in [-0.39, 0.29) is 31.1 Å². The van der Waals surface area contributed by atoms with Gasteiger partial charge in [-0.2, -0.15) is 4.31 Å². The van der Waals surface area contributed by atoms with Crippen LogP contribution in [0.25, 0.3) is 0 Å². The molecule has 252 valence electrons. The van der Waals surface area contributed by atoms with Gasteiger partial charge >= 0.3 is 0 Å². The van der Waals surface area contributed by atoms with Crippen LogP contribution in [0.2, 0.25) is 10.0 Å². The van der Waals surface area contributed by atoms with Crippen LogP contribution in [0.3, 0.4) is 0 Å². The SMILES string of the molecule is COc1ccc(CN(C(=O)COc2ccc(S(=O)(=O)N3CCOCC3)cc2)[C@H](C(=O)NCc2ccc(Cl)cc2Cl)c2ccccc2)cc1. The lowest BCUT2D eigenvalue weighted by Gasteiger charge is -2.31. The lowest BCUT2D eigenvalue weighted by Crippen LogP contribution is -2.45. The van der Waals surface area contributed by atoms with Crippen LogP contribution in [0, 0.1) is 0 Å². The number of nitrogens with zero attached hydrogens (tertiary/aromatic N) is 2. The Morgan fingerprint density at radius 1 is 0.917 bits per heavy atom. The largest absolute Gasteiger partial charge is 0.497 e. The van der Waals surface area contributed by atoms with Crippen molar-refractivity contribution in [3.8, 4) is 11.5 Å². The van der Waals surface area contributed by atoms with Crippen molar-refractivity contribution in [3.63, 3.8) is 0 Å². The Kier molecular flexibility index (Phi) is 12.0. The van der Waals surface area contributed by atoms with E-state index in [0.29, 0.717) is 45.9 Å². The molecular formula is C35H35Cl2N3O7S. The van der Waals surface area contributed by atoms with Gasteiger partial charge in [0.15, 0.2) is 6.61 Å². The number of halogens is 2. The summed E-state index contributed by atoms with van der Waals surface area (Å²) >= 11 is 12.4. The van der Waals surface area contributed by atoms with Gasteiger partial charge in [0, 0.05) is 36.2 Å². The van der Waals surface area contributed by atoms with E-state index < -0.39 is 34.5 Å². The minimum atomic E-state index is -3.69. The molecule has 1 aliphatic rings. The fourth-order valence-electron chi connectivity index (χ4n) is 5.18. The molecule has 1 fully saturated rings. The second-order valence-corrected chi connectivity index (χ2v) is 13.7. The molecule has 1 aliphatic heterocycles. The highest BCUT2D eigenvalue weighted by Crippen LogP contribution is 2.27. The number of amides is 2. The highest BCUT2D eigenvalue weighted by Gasteiger charge is 2.32. The van der Waals surface area contributed by atoms with Gasteiger partial charge in [-0.1, -0.05) is 71.7 Å². The van der Waals surface area contributed by atoms with E-state index in [1.165, 1.54) is 33.5 Å². The van der Waals surface area contributed by atoms with Gasteiger partial charge in [0.2, 0.25) is 15.9 Å². The Hall–Kier alpha value is -4.13. The molecule has 0 radical (unpaired) electrons. The van der Waals surface area contributed by atoms with E-state index in [0.717, 1.165) is 5.56 Å². The summed E-state index contributed by atoms with van der Waals surface area (Å²) in [5.74, 6) is 0.0547. The first-order valence-electron chi connectivity index (χ1n) is 15.2. The van der Waals surface area contributed by atoms with Crippen molar-refractivity contribution < 1.29 is 32.2 Å². The predicted molar refractivity (Wildman–Crippen MR) is 183 cm³/mol. The summed E-state index contributed by atoms with van der Waals surface area (Å²) in [5.41, 5.74) is 2.02. The number of benzene rings is 4. The average Bonchev–Trinajstić information content (AvgIpc) is 3.11. The smallest absolute Gasteiger partial charge is 0.261 e. The Bertz CT molecular complexity index is 1800. The summed E-state index contributed by atoms with van der Waals surface area (Å²) in [6.07, 6.45) is 0. The van der Waals surface area contributed by atoms with Crippen LogP contribution < -0.4 is 14.8 Å². The van der Waals surface area contributed by atoms with Crippen LogP contribution in [0.15, 0.2) is 102 Å². The standard InChI is InChI=1S/C35H35Cl2N3O7S/c1-45-29-11-7-25(8-12-29)23-40(33(41)24-47-30-13-15-31(16-14-30)48(43,44)39-17-19-46-20-18-39)34(26-5-3-2-4-6-26)35(42)38-22-27-9-10-28(36)21-32(27)37/h2-16,21,34H,17-20,22-24H2,1H3,(H,38,42)/t34-/m0/s1. The van der Waals surface area contributed by atoms with Crippen LogP contribution in [0.4, 0.5) is 0 Å². The number of methoxy groups -OCH3 is 1. The van der Waals surface area contributed by atoms with Crippen molar-refractivity contribution in [2.75, 3.05) is 40.0 Å². The Labute approximate surface area is 290 Å². The zero-order valence-electron chi connectivity index (χ0n) is 26.2. The maximum absolute atomic E-state index is 14.0. The molecule has 48 heavy (non-hydrogen) atoms. The van der Waals surface area contributed by atoms with Gasteiger partial charge in [-0.05, 0) is 65.2 Å². The highest BCUT2D eigenvalue weighted by atomic mass is 35.5. The van der Waals surface area contributed by atoms with E-state index in [1.54, 1.807) is 61.7 Å². The van der Waals surface area contributed by atoms with Gasteiger partial charge in [0.25, 0.3) is 5.91 Å². The van der Waals surface area contributed by atoms with Gasteiger partial charge in [-0.25, -0.2) is 8.42 Å². The molecule has 0 aromatic heterocycles. The number of ether oxygens (including phenoxy) is 3. The quantitative estimate of drug-likeness (QED) is 0.195. The van der Waals surface area contributed by atoms with E-state index in [2.05, 4.69) is 5.32 Å². The number of sulfonamides is 1. The van der Waals surface area contributed by atoms with Crippen molar-refractivity contribution in [3.05, 3.63) is 124 Å². The number of rotatable bonds is 13. The Morgan fingerprint density at radius 3 is 2.23 bits per heavy atom. The molecule has 4 aromatic rings. The monoisotopic (exact) mass is 711 g/mol. The maximum atomic E-state index is 14.0. The zero-order valence-corrected chi connectivity index (χ0v) is 28.5. The number of carbonyl (C=O) groups is 2. The zero-order chi connectivity index (χ0) is 34.1. The Morgan fingerprint density at radius 2 is 1.58 bits per heavy atom. The molecule has 1 N–H and O–H groups in total. The normalized spacial score (nSPS) is 14.1. The van der Waals surface area contributed by atoms with Gasteiger partial charge in [0.05, 0.1) is 25.2 Å². The molecule has 0 aliphatic carbocycles. The summed E-state index contributed by atoms with van der Waals surface area (Å²) in [6, 6.07) is 26.1. The second kappa shape index (κ2) is 16.3. The molecule has 1 heterocycles. The molecule has 0 spiro atoms. The molecule has 5 rings (SSSR count). The van der Waals surface area contributed by atoms with Crippen molar-refractivity contribution in [1.29, 1.82) is 0 Å². The topological polar surface area (TPSA) is 114 Å². The van der Waals surface area contributed by atoms with E-state index >= 15 is 0 Å². The number of hydrogen-bond acceptors (Lipinski definition) is 7. The maximum Gasteiger partial charge on any atom is 0.261 e. The molecule has 0 bridgehead atoms.